The molecule has 2 rings (SSSR count). The van der Waals surface area contributed by atoms with Crippen LogP contribution in [0, 0.1) is 0 Å². The van der Waals surface area contributed by atoms with Gasteiger partial charge in [-0.1, -0.05) is 30.9 Å². The maximum atomic E-state index is 11.5. The van der Waals surface area contributed by atoms with Gasteiger partial charge in [0, 0.05) is 5.39 Å². The molecule has 0 aliphatic carbocycles. The van der Waals surface area contributed by atoms with Gasteiger partial charge >= 0.3 is 5.97 Å². The molecule has 0 aliphatic rings. The third-order valence-electron chi connectivity index (χ3n) is 2.00. The smallest absolute Gasteiger partial charge is 0.359 e. The number of hydrogen-bond acceptors (Lipinski definition) is 3. The summed E-state index contributed by atoms with van der Waals surface area (Å²) in [6.07, 6.45) is 1.52. The topological polar surface area (TPSA) is 55.0 Å². The molecule has 1 N–H and O–H groups in total. The number of ether oxygens (including phenoxy) is 1. The van der Waals surface area contributed by atoms with Crippen LogP contribution >= 0.6 is 0 Å². The van der Waals surface area contributed by atoms with Crippen molar-refractivity contribution in [3.8, 4) is 0 Å². The highest BCUT2D eigenvalue weighted by molar-refractivity contribution is 6.01. The van der Waals surface area contributed by atoms with Gasteiger partial charge in [0.2, 0.25) is 0 Å². The van der Waals surface area contributed by atoms with Crippen LogP contribution in [-0.4, -0.2) is 22.8 Å². The monoisotopic (exact) mass is 202 g/mol. The van der Waals surface area contributed by atoms with E-state index in [4.69, 9.17) is 4.74 Å². The van der Waals surface area contributed by atoms with Crippen molar-refractivity contribution in [2.45, 2.75) is 0 Å². The van der Waals surface area contributed by atoms with E-state index in [0.717, 1.165) is 10.9 Å². The second-order valence-electron chi connectivity index (χ2n) is 3.00. The maximum absolute atomic E-state index is 11.5. The molecular formula is C11H10N2O2. The fourth-order valence-electron chi connectivity index (χ4n) is 1.32. The molecule has 15 heavy (non-hydrogen) atoms. The zero-order valence-electron chi connectivity index (χ0n) is 8.06. The summed E-state index contributed by atoms with van der Waals surface area (Å²) in [6.45, 7) is 3.67. The summed E-state index contributed by atoms with van der Waals surface area (Å²) < 4.78 is 4.90. The molecule has 1 aromatic carbocycles. The predicted molar refractivity (Wildman–Crippen MR) is 56.6 cm³/mol. The number of nitrogens with zero attached hydrogens (tertiary/aromatic N) is 1. The average Bonchev–Trinajstić information content (AvgIpc) is 2.69. The van der Waals surface area contributed by atoms with Gasteiger partial charge in [0.1, 0.15) is 6.61 Å². The van der Waals surface area contributed by atoms with Gasteiger partial charge in [-0.2, -0.15) is 5.10 Å². The fraction of sp³-hybridized carbons (Fsp3) is 0.0909. The third-order valence-corrected chi connectivity index (χ3v) is 2.00. The number of fused-ring (bicyclic) bond motifs is 1. The number of H-pyrrole nitrogens is 1. The van der Waals surface area contributed by atoms with Gasteiger partial charge < -0.3 is 4.74 Å². The Hall–Kier alpha value is -2.10. The Kier molecular flexibility index (Phi) is 2.49. The molecule has 0 unspecified atom stereocenters. The lowest BCUT2D eigenvalue weighted by atomic mass is 10.2. The molecule has 0 amide bonds. The Labute approximate surface area is 86.6 Å². The highest BCUT2D eigenvalue weighted by atomic mass is 16.5. The summed E-state index contributed by atoms with van der Waals surface area (Å²) in [6, 6.07) is 7.40. The Balaban J connectivity index is 2.35. The van der Waals surface area contributed by atoms with Crippen LogP contribution in [0.3, 0.4) is 0 Å². The molecule has 0 aliphatic heterocycles. The van der Waals surface area contributed by atoms with Gasteiger partial charge in [-0.15, -0.1) is 0 Å². The zero-order chi connectivity index (χ0) is 10.7. The van der Waals surface area contributed by atoms with Gasteiger partial charge in [-0.05, 0) is 6.07 Å². The van der Waals surface area contributed by atoms with E-state index in [0.29, 0.717) is 5.69 Å². The minimum Gasteiger partial charge on any atom is -0.457 e. The summed E-state index contributed by atoms with van der Waals surface area (Å²) in [5.74, 6) is -0.438. The van der Waals surface area contributed by atoms with Crippen molar-refractivity contribution in [2.24, 2.45) is 0 Å². The lowest BCUT2D eigenvalue weighted by molar-refractivity contribution is 0.0545. The van der Waals surface area contributed by atoms with Crippen molar-refractivity contribution < 1.29 is 9.53 Å². The molecule has 0 bridgehead atoms. The second kappa shape index (κ2) is 3.96. The molecule has 1 aromatic heterocycles. The molecular weight excluding hydrogens is 192 g/mol. The third kappa shape index (κ3) is 1.74. The number of nitrogens with one attached hydrogen (secondary N) is 1. The number of aromatic nitrogens is 2. The van der Waals surface area contributed by atoms with Crippen LogP contribution in [0.5, 0.6) is 0 Å². The minimum atomic E-state index is -0.438. The van der Waals surface area contributed by atoms with Crippen molar-refractivity contribution in [1.29, 1.82) is 0 Å². The van der Waals surface area contributed by atoms with Crippen molar-refractivity contribution >= 4 is 16.9 Å². The first kappa shape index (κ1) is 9.45. The van der Waals surface area contributed by atoms with Gasteiger partial charge in [0.25, 0.3) is 0 Å². The first-order chi connectivity index (χ1) is 7.33. The highest BCUT2D eigenvalue weighted by Crippen LogP contribution is 2.15. The first-order valence-corrected chi connectivity index (χ1v) is 4.54. The van der Waals surface area contributed by atoms with E-state index in [1.165, 1.54) is 6.08 Å². The van der Waals surface area contributed by atoms with E-state index in [1.807, 2.05) is 24.3 Å². The standard InChI is InChI=1S/C11H10N2O2/c1-2-7-15-11(14)10-8-5-3-4-6-9(8)12-13-10/h2-6H,1,7H2,(H,12,13). The Bertz CT molecular complexity index is 502. The number of hydrogen-bond donors (Lipinski definition) is 1. The van der Waals surface area contributed by atoms with Crippen molar-refractivity contribution in [1.82, 2.24) is 10.2 Å². The van der Waals surface area contributed by atoms with Gasteiger partial charge in [0.15, 0.2) is 5.69 Å². The largest absolute Gasteiger partial charge is 0.457 e. The molecule has 0 atom stereocenters. The van der Waals surface area contributed by atoms with Crippen LogP contribution in [0.4, 0.5) is 0 Å². The lowest BCUT2D eigenvalue weighted by Crippen LogP contribution is -2.05. The van der Waals surface area contributed by atoms with Crippen molar-refractivity contribution in [3.05, 3.63) is 42.6 Å². The minimum absolute atomic E-state index is 0.194. The number of carbonyl (C=O) groups is 1. The summed E-state index contributed by atoms with van der Waals surface area (Å²) in [7, 11) is 0. The van der Waals surface area contributed by atoms with E-state index in [2.05, 4.69) is 16.8 Å². The van der Waals surface area contributed by atoms with Crippen LogP contribution in [0.25, 0.3) is 10.9 Å². The zero-order valence-corrected chi connectivity index (χ0v) is 8.06. The maximum Gasteiger partial charge on any atom is 0.359 e. The molecule has 0 spiro atoms. The number of para-hydroxylation sites is 1. The van der Waals surface area contributed by atoms with E-state index < -0.39 is 5.97 Å². The summed E-state index contributed by atoms with van der Waals surface area (Å²) in [5.41, 5.74) is 1.13. The summed E-state index contributed by atoms with van der Waals surface area (Å²) in [5, 5.41) is 7.45. The van der Waals surface area contributed by atoms with Crippen LogP contribution in [0.2, 0.25) is 0 Å². The molecule has 0 saturated heterocycles. The molecule has 76 valence electrons. The Morgan fingerprint density at radius 2 is 2.33 bits per heavy atom. The van der Waals surface area contributed by atoms with E-state index in [9.17, 15) is 4.79 Å². The van der Waals surface area contributed by atoms with Crippen molar-refractivity contribution in [3.63, 3.8) is 0 Å². The van der Waals surface area contributed by atoms with E-state index >= 15 is 0 Å². The molecule has 2 aromatic rings. The molecule has 0 fully saturated rings. The normalized spacial score (nSPS) is 10.1. The molecule has 4 nitrogen and oxygen atoms in total. The fourth-order valence-corrected chi connectivity index (χ4v) is 1.32. The molecule has 1 heterocycles. The average molecular weight is 202 g/mol. The Morgan fingerprint density at radius 1 is 1.53 bits per heavy atom. The highest BCUT2D eigenvalue weighted by Gasteiger charge is 2.14. The van der Waals surface area contributed by atoms with Gasteiger partial charge in [-0.3, -0.25) is 5.10 Å². The first-order valence-electron chi connectivity index (χ1n) is 4.54. The number of benzene rings is 1. The van der Waals surface area contributed by atoms with Crippen LogP contribution in [0.15, 0.2) is 36.9 Å². The number of esters is 1. The molecule has 4 heteroatoms. The number of rotatable bonds is 3. The predicted octanol–water partition coefficient (Wildman–Crippen LogP) is 1.91. The number of carbonyl (C=O) groups excluding carboxylic acids is 1. The second-order valence-corrected chi connectivity index (χ2v) is 3.00. The van der Waals surface area contributed by atoms with Crippen molar-refractivity contribution in [2.75, 3.05) is 6.61 Å². The molecule has 0 radical (unpaired) electrons. The van der Waals surface area contributed by atoms with Crippen LogP contribution in [-0.2, 0) is 4.74 Å². The Morgan fingerprint density at radius 3 is 3.13 bits per heavy atom. The van der Waals surface area contributed by atoms with Crippen LogP contribution < -0.4 is 0 Å². The number of aromatic amines is 1. The quantitative estimate of drug-likeness (QED) is 0.611. The lowest BCUT2D eigenvalue weighted by Gasteiger charge is -1.97. The SMILES string of the molecule is C=CCOC(=O)c1n[nH]c2ccccc12. The van der Waals surface area contributed by atoms with Gasteiger partial charge in [0.05, 0.1) is 5.52 Å². The van der Waals surface area contributed by atoms with Gasteiger partial charge in [-0.25, -0.2) is 4.79 Å². The summed E-state index contributed by atoms with van der Waals surface area (Å²) in [4.78, 5) is 11.5. The van der Waals surface area contributed by atoms with Crippen LogP contribution in [0.1, 0.15) is 10.5 Å². The molecule has 0 saturated carbocycles. The van der Waals surface area contributed by atoms with E-state index in [1.54, 1.807) is 0 Å². The summed E-state index contributed by atoms with van der Waals surface area (Å²) >= 11 is 0. The van der Waals surface area contributed by atoms with E-state index in [-0.39, 0.29) is 6.61 Å².